The first-order valence-corrected chi connectivity index (χ1v) is 19.6. The highest BCUT2D eigenvalue weighted by atomic mass is 32.2. The minimum atomic E-state index is -4.31. The summed E-state index contributed by atoms with van der Waals surface area (Å²) in [6.07, 6.45) is 2.76. The maximum Gasteiger partial charge on any atom is 0.268 e. The standard InChI is InChI=1S/C37H32N2O6SSi/c1-6-8-26-12-17-30(34(41)23-26)37(43)35-31(18-21-39(35)46(44,45)28-14-10-25(2)11-15-28)38-20-7-9-32(38)36(42)29-16-13-27(24-33(29)40)19-22-47(3,4)5/h7,9-18,20-21,23-24,40-41H,1-5H3. The minimum Gasteiger partial charge on any atom is -0.507 e. The van der Waals surface area contributed by atoms with Crippen molar-refractivity contribution in [1.82, 2.24) is 8.54 Å². The predicted octanol–water partition coefficient (Wildman–Crippen LogP) is 6.30. The quantitative estimate of drug-likeness (QED) is 0.120. The Morgan fingerprint density at radius 2 is 1.36 bits per heavy atom. The summed E-state index contributed by atoms with van der Waals surface area (Å²) in [6, 6.07) is 19.5. The Morgan fingerprint density at radius 1 is 0.766 bits per heavy atom. The van der Waals surface area contributed by atoms with E-state index in [2.05, 4.69) is 42.9 Å². The van der Waals surface area contributed by atoms with Gasteiger partial charge in [0.25, 0.3) is 10.0 Å². The number of benzene rings is 3. The van der Waals surface area contributed by atoms with Crippen LogP contribution in [0.1, 0.15) is 55.7 Å². The van der Waals surface area contributed by atoms with Gasteiger partial charge >= 0.3 is 0 Å². The monoisotopic (exact) mass is 660 g/mol. The number of aromatic nitrogens is 2. The lowest BCUT2D eigenvalue weighted by atomic mass is 10.0. The van der Waals surface area contributed by atoms with Crippen LogP contribution in [0.4, 0.5) is 0 Å². The Bertz CT molecular complexity index is 2280. The number of aromatic hydroxyl groups is 2. The van der Waals surface area contributed by atoms with Gasteiger partial charge in [-0.1, -0.05) is 49.2 Å². The molecule has 5 rings (SSSR count). The number of hydrogen-bond donors (Lipinski definition) is 2. The second-order valence-electron chi connectivity index (χ2n) is 11.9. The number of phenols is 2. The molecule has 0 aliphatic heterocycles. The highest BCUT2D eigenvalue weighted by Crippen LogP contribution is 2.31. The Labute approximate surface area is 275 Å². The van der Waals surface area contributed by atoms with Gasteiger partial charge in [-0.25, -0.2) is 12.4 Å². The fourth-order valence-corrected chi connectivity index (χ4v) is 6.75. The maximum absolute atomic E-state index is 14.2. The summed E-state index contributed by atoms with van der Waals surface area (Å²) in [5.74, 6) is 6.60. The van der Waals surface area contributed by atoms with Gasteiger partial charge in [0, 0.05) is 23.5 Å². The first-order valence-electron chi connectivity index (χ1n) is 14.6. The fraction of sp³-hybridized carbons (Fsp3) is 0.135. The van der Waals surface area contributed by atoms with Gasteiger partial charge in [-0.05, 0) is 80.6 Å². The van der Waals surface area contributed by atoms with Gasteiger partial charge in [-0.2, -0.15) is 0 Å². The molecule has 0 radical (unpaired) electrons. The van der Waals surface area contributed by atoms with Gasteiger partial charge in [0.1, 0.15) is 25.3 Å². The van der Waals surface area contributed by atoms with Gasteiger partial charge in [0.15, 0.2) is 0 Å². The third-order valence-corrected chi connectivity index (χ3v) is 9.77. The second-order valence-corrected chi connectivity index (χ2v) is 18.5. The van der Waals surface area contributed by atoms with Gasteiger partial charge in [0.2, 0.25) is 11.6 Å². The molecule has 0 saturated carbocycles. The summed E-state index contributed by atoms with van der Waals surface area (Å²) in [4.78, 5) is 28.0. The van der Waals surface area contributed by atoms with Crippen LogP contribution >= 0.6 is 0 Å². The summed E-state index contributed by atoms with van der Waals surface area (Å²) in [5.41, 5.74) is 4.81. The van der Waals surface area contributed by atoms with Crippen LogP contribution in [-0.2, 0) is 10.0 Å². The Morgan fingerprint density at radius 3 is 1.94 bits per heavy atom. The van der Waals surface area contributed by atoms with E-state index in [0.717, 1.165) is 9.54 Å². The number of ketones is 2. The van der Waals surface area contributed by atoms with E-state index >= 15 is 0 Å². The zero-order chi connectivity index (χ0) is 34.1. The topological polar surface area (TPSA) is 119 Å². The van der Waals surface area contributed by atoms with Gasteiger partial charge in [-0.3, -0.25) is 9.59 Å². The lowest BCUT2D eigenvalue weighted by molar-refractivity contribution is 0.101. The summed E-state index contributed by atoms with van der Waals surface area (Å²) in [7, 11) is -5.98. The molecule has 2 aromatic heterocycles. The van der Waals surface area contributed by atoms with E-state index in [0.29, 0.717) is 11.1 Å². The van der Waals surface area contributed by atoms with Crippen molar-refractivity contribution >= 4 is 29.7 Å². The zero-order valence-electron chi connectivity index (χ0n) is 26.5. The van der Waals surface area contributed by atoms with Crippen molar-refractivity contribution in [3.63, 3.8) is 0 Å². The largest absolute Gasteiger partial charge is 0.507 e. The lowest BCUT2D eigenvalue weighted by Crippen LogP contribution is -2.20. The summed E-state index contributed by atoms with van der Waals surface area (Å²) in [6.45, 7) is 9.76. The summed E-state index contributed by atoms with van der Waals surface area (Å²) >= 11 is 0. The van der Waals surface area contributed by atoms with Crippen LogP contribution in [0.15, 0.2) is 96.2 Å². The average Bonchev–Trinajstić information content (AvgIpc) is 3.68. The smallest absolute Gasteiger partial charge is 0.268 e. The molecule has 236 valence electrons. The van der Waals surface area contributed by atoms with Crippen LogP contribution in [0.2, 0.25) is 19.6 Å². The number of aryl methyl sites for hydroxylation is 1. The molecule has 2 N–H and O–H groups in total. The predicted molar refractivity (Wildman–Crippen MR) is 183 cm³/mol. The van der Waals surface area contributed by atoms with Crippen LogP contribution in [-0.4, -0.2) is 46.8 Å². The third-order valence-electron chi connectivity index (χ3n) is 7.20. The highest BCUT2D eigenvalue weighted by Gasteiger charge is 2.30. The molecule has 47 heavy (non-hydrogen) atoms. The van der Waals surface area contributed by atoms with Gasteiger partial charge in [0.05, 0.1) is 27.4 Å². The van der Waals surface area contributed by atoms with Crippen molar-refractivity contribution in [2.45, 2.75) is 38.4 Å². The van der Waals surface area contributed by atoms with E-state index in [1.165, 1.54) is 65.5 Å². The number of phenolic OH excluding ortho intramolecular Hbond substituents is 2. The average molecular weight is 661 g/mol. The van der Waals surface area contributed by atoms with E-state index in [-0.39, 0.29) is 44.6 Å². The molecule has 0 atom stereocenters. The van der Waals surface area contributed by atoms with Crippen LogP contribution in [0.3, 0.4) is 0 Å². The molecule has 5 aromatic rings. The third kappa shape index (κ3) is 6.70. The van der Waals surface area contributed by atoms with Crippen molar-refractivity contribution in [2.75, 3.05) is 0 Å². The zero-order valence-corrected chi connectivity index (χ0v) is 28.3. The Kier molecular flexibility index (Phi) is 8.86. The summed E-state index contributed by atoms with van der Waals surface area (Å²) < 4.78 is 30.2. The van der Waals surface area contributed by atoms with Gasteiger partial charge < -0.3 is 14.8 Å². The van der Waals surface area contributed by atoms with Gasteiger partial charge in [-0.15, -0.1) is 11.5 Å². The Balaban J connectivity index is 1.66. The molecule has 0 aliphatic rings. The van der Waals surface area contributed by atoms with E-state index in [9.17, 15) is 28.2 Å². The molecular weight excluding hydrogens is 629 g/mol. The Hall–Kier alpha value is -5.55. The van der Waals surface area contributed by atoms with Crippen LogP contribution in [0.5, 0.6) is 11.5 Å². The minimum absolute atomic E-state index is 0.00774. The molecule has 0 fully saturated rings. The molecule has 0 bridgehead atoms. The first kappa shape index (κ1) is 32.8. The number of nitrogens with zero attached hydrogens (tertiary/aromatic N) is 2. The van der Waals surface area contributed by atoms with E-state index in [4.69, 9.17) is 0 Å². The molecule has 0 spiro atoms. The second kappa shape index (κ2) is 12.7. The van der Waals surface area contributed by atoms with Crippen LogP contribution in [0.25, 0.3) is 5.69 Å². The SMILES string of the molecule is CC#Cc1ccc(C(=O)c2c(-n3cccc3C(=O)c3ccc(C#C[Si](C)(C)C)cc3O)ccn2S(=O)(=O)c2ccc(C)cc2)c(O)c1. The number of carbonyl (C=O) groups excluding carboxylic acids is 2. The molecule has 0 unspecified atom stereocenters. The number of rotatable bonds is 7. The molecule has 8 nitrogen and oxygen atoms in total. The molecule has 3 aromatic carbocycles. The maximum atomic E-state index is 14.2. The molecular formula is C37H32N2O6SSi. The highest BCUT2D eigenvalue weighted by molar-refractivity contribution is 7.90. The molecule has 0 saturated heterocycles. The molecule has 0 amide bonds. The fourth-order valence-electron chi connectivity index (χ4n) is 4.89. The van der Waals surface area contributed by atoms with Crippen molar-refractivity contribution in [3.8, 4) is 40.5 Å². The van der Waals surface area contributed by atoms with Crippen LogP contribution in [0, 0.1) is 30.2 Å². The van der Waals surface area contributed by atoms with Crippen molar-refractivity contribution in [1.29, 1.82) is 0 Å². The number of carbonyl (C=O) groups is 2. The van der Waals surface area contributed by atoms with E-state index in [1.807, 2.05) is 6.92 Å². The summed E-state index contributed by atoms with van der Waals surface area (Å²) in [5, 5.41) is 21.7. The van der Waals surface area contributed by atoms with Crippen molar-refractivity contribution in [3.05, 3.63) is 130 Å². The first-order chi connectivity index (χ1) is 22.2. The molecule has 0 aliphatic carbocycles. The van der Waals surface area contributed by atoms with Crippen LogP contribution < -0.4 is 0 Å². The van der Waals surface area contributed by atoms with E-state index < -0.39 is 29.7 Å². The molecule has 10 heteroatoms. The normalized spacial score (nSPS) is 11.3. The van der Waals surface area contributed by atoms with Crippen molar-refractivity contribution < 1.29 is 28.2 Å². The van der Waals surface area contributed by atoms with E-state index in [1.54, 1.807) is 37.3 Å². The molecule has 2 heterocycles. The number of hydrogen-bond acceptors (Lipinski definition) is 6. The van der Waals surface area contributed by atoms with Crippen molar-refractivity contribution in [2.24, 2.45) is 0 Å². The lowest BCUT2D eigenvalue weighted by Gasteiger charge is -2.15.